The van der Waals surface area contributed by atoms with Crippen molar-refractivity contribution in [1.82, 2.24) is 0 Å². The van der Waals surface area contributed by atoms with Crippen molar-refractivity contribution < 1.29 is 4.74 Å². The van der Waals surface area contributed by atoms with Crippen molar-refractivity contribution in [2.75, 3.05) is 6.61 Å². The molecule has 0 saturated carbocycles. The molecule has 82 valence electrons. The van der Waals surface area contributed by atoms with Gasteiger partial charge in [0.2, 0.25) is 0 Å². The second-order valence-electron chi connectivity index (χ2n) is 4.35. The normalized spacial score (nSPS) is 24.4. The Morgan fingerprint density at radius 3 is 3.00 bits per heavy atom. The van der Waals surface area contributed by atoms with E-state index in [4.69, 9.17) is 10.5 Å². The van der Waals surface area contributed by atoms with E-state index in [1.54, 1.807) is 0 Å². The zero-order chi connectivity index (χ0) is 10.7. The number of hydrogen-bond acceptors (Lipinski definition) is 2. The van der Waals surface area contributed by atoms with Crippen LogP contribution in [0, 0.1) is 0 Å². The van der Waals surface area contributed by atoms with Crippen molar-refractivity contribution in [3.63, 3.8) is 0 Å². The van der Waals surface area contributed by atoms with Gasteiger partial charge >= 0.3 is 0 Å². The van der Waals surface area contributed by atoms with Crippen LogP contribution in [0.25, 0.3) is 0 Å². The van der Waals surface area contributed by atoms with Crippen molar-refractivity contribution in [3.05, 3.63) is 29.8 Å². The van der Waals surface area contributed by atoms with Crippen molar-refractivity contribution in [3.8, 4) is 5.75 Å². The topological polar surface area (TPSA) is 35.2 Å². The van der Waals surface area contributed by atoms with E-state index in [0.717, 1.165) is 25.2 Å². The number of fused-ring (bicyclic) bond motifs is 1. The SMILES string of the molecule is CCCCC1(N)CCOc2ccccc21. The van der Waals surface area contributed by atoms with E-state index >= 15 is 0 Å². The third-order valence-corrected chi connectivity index (χ3v) is 3.21. The lowest BCUT2D eigenvalue weighted by atomic mass is 9.81. The molecule has 1 unspecified atom stereocenters. The maximum atomic E-state index is 6.48. The molecule has 0 aromatic heterocycles. The Kier molecular flexibility index (Phi) is 2.96. The lowest BCUT2D eigenvalue weighted by Crippen LogP contribution is -2.41. The van der Waals surface area contributed by atoms with Gasteiger partial charge in [-0.1, -0.05) is 38.0 Å². The summed E-state index contributed by atoms with van der Waals surface area (Å²) in [5.41, 5.74) is 7.50. The van der Waals surface area contributed by atoms with Gasteiger partial charge in [-0.05, 0) is 12.5 Å². The van der Waals surface area contributed by atoms with E-state index in [1.165, 1.54) is 18.4 Å². The van der Waals surface area contributed by atoms with Crippen LogP contribution in [0.15, 0.2) is 24.3 Å². The fraction of sp³-hybridized carbons (Fsp3) is 0.538. The molecule has 1 aliphatic heterocycles. The summed E-state index contributed by atoms with van der Waals surface area (Å²) in [5.74, 6) is 0.974. The molecule has 0 radical (unpaired) electrons. The molecule has 2 heteroatoms. The van der Waals surface area contributed by atoms with Gasteiger partial charge in [0.25, 0.3) is 0 Å². The molecule has 15 heavy (non-hydrogen) atoms. The number of para-hydroxylation sites is 1. The Labute approximate surface area is 91.4 Å². The lowest BCUT2D eigenvalue weighted by Gasteiger charge is -2.35. The highest BCUT2D eigenvalue weighted by atomic mass is 16.5. The van der Waals surface area contributed by atoms with Gasteiger partial charge in [0.05, 0.1) is 6.61 Å². The Morgan fingerprint density at radius 1 is 1.40 bits per heavy atom. The van der Waals surface area contributed by atoms with Crippen molar-refractivity contribution in [2.24, 2.45) is 5.73 Å². The molecule has 0 fully saturated rings. The van der Waals surface area contributed by atoms with Crippen molar-refractivity contribution >= 4 is 0 Å². The maximum absolute atomic E-state index is 6.48. The summed E-state index contributed by atoms with van der Waals surface area (Å²) < 4.78 is 5.62. The summed E-state index contributed by atoms with van der Waals surface area (Å²) in [4.78, 5) is 0. The number of benzene rings is 1. The molecule has 2 nitrogen and oxygen atoms in total. The van der Waals surface area contributed by atoms with E-state index in [1.807, 2.05) is 18.2 Å². The number of unbranched alkanes of at least 4 members (excludes halogenated alkanes) is 1. The number of ether oxygens (including phenoxy) is 1. The summed E-state index contributed by atoms with van der Waals surface area (Å²) >= 11 is 0. The average molecular weight is 205 g/mol. The van der Waals surface area contributed by atoms with Crippen LogP contribution in [-0.4, -0.2) is 6.61 Å². The fourth-order valence-corrected chi connectivity index (χ4v) is 2.23. The zero-order valence-corrected chi connectivity index (χ0v) is 9.33. The highest BCUT2D eigenvalue weighted by Crippen LogP contribution is 2.37. The molecular weight excluding hydrogens is 186 g/mol. The van der Waals surface area contributed by atoms with Gasteiger partial charge < -0.3 is 10.5 Å². The van der Waals surface area contributed by atoms with E-state index in [9.17, 15) is 0 Å². The first kappa shape index (κ1) is 10.5. The number of nitrogens with two attached hydrogens (primary N) is 1. The first-order valence-electron chi connectivity index (χ1n) is 5.77. The number of rotatable bonds is 3. The minimum atomic E-state index is -0.162. The van der Waals surface area contributed by atoms with Crippen LogP contribution < -0.4 is 10.5 Å². The minimum absolute atomic E-state index is 0.162. The van der Waals surface area contributed by atoms with Crippen LogP contribution in [0.4, 0.5) is 0 Å². The molecule has 0 spiro atoms. The summed E-state index contributed by atoms with van der Waals surface area (Å²) in [5, 5.41) is 0. The highest BCUT2D eigenvalue weighted by Gasteiger charge is 2.32. The Balaban J connectivity index is 2.27. The molecule has 2 N–H and O–H groups in total. The lowest BCUT2D eigenvalue weighted by molar-refractivity contribution is 0.206. The molecule has 0 saturated heterocycles. The van der Waals surface area contributed by atoms with Gasteiger partial charge in [0, 0.05) is 17.5 Å². The quantitative estimate of drug-likeness (QED) is 0.823. The van der Waals surface area contributed by atoms with Gasteiger partial charge in [0.15, 0.2) is 0 Å². The van der Waals surface area contributed by atoms with E-state index < -0.39 is 0 Å². The second-order valence-corrected chi connectivity index (χ2v) is 4.35. The molecule has 1 aliphatic rings. The second kappa shape index (κ2) is 4.23. The molecule has 1 heterocycles. The van der Waals surface area contributed by atoms with E-state index in [0.29, 0.717) is 0 Å². The van der Waals surface area contributed by atoms with Gasteiger partial charge in [-0.25, -0.2) is 0 Å². The standard InChI is InChI=1S/C13H19NO/c1-2-3-8-13(14)9-10-15-12-7-5-4-6-11(12)13/h4-7H,2-3,8-10,14H2,1H3. The van der Waals surface area contributed by atoms with Crippen molar-refractivity contribution in [2.45, 2.75) is 38.1 Å². The fourth-order valence-electron chi connectivity index (χ4n) is 2.23. The van der Waals surface area contributed by atoms with Crippen LogP contribution in [0.5, 0.6) is 5.75 Å². The summed E-state index contributed by atoms with van der Waals surface area (Å²) in [6, 6.07) is 8.16. The molecule has 1 aromatic rings. The van der Waals surface area contributed by atoms with Crippen LogP contribution in [0.2, 0.25) is 0 Å². The van der Waals surface area contributed by atoms with Crippen molar-refractivity contribution in [1.29, 1.82) is 0 Å². The van der Waals surface area contributed by atoms with Gasteiger partial charge in [0.1, 0.15) is 5.75 Å². The molecule has 1 aromatic carbocycles. The predicted molar refractivity (Wildman–Crippen MR) is 61.9 cm³/mol. The third-order valence-electron chi connectivity index (χ3n) is 3.21. The Morgan fingerprint density at radius 2 is 2.20 bits per heavy atom. The first-order chi connectivity index (χ1) is 7.26. The smallest absolute Gasteiger partial charge is 0.124 e. The molecular formula is C13H19NO. The Hall–Kier alpha value is -1.02. The van der Waals surface area contributed by atoms with Crippen LogP contribution >= 0.6 is 0 Å². The Bertz CT molecular complexity index is 337. The van der Waals surface area contributed by atoms with E-state index in [-0.39, 0.29) is 5.54 Å². The van der Waals surface area contributed by atoms with E-state index in [2.05, 4.69) is 13.0 Å². The minimum Gasteiger partial charge on any atom is -0.493 e. The van der Waals surface area contributed by atoms with Gasteiger partial charge in [-0.2, -0.15) is 0 Å². The predicted octanol–water partition coefficient (Wildman–Crippen LogP) is 2.81. The largest absolute Gasteiger partial charge is 0.493 e. The maximum Gasteiger partial charge on any atom is 0.124 e. The molecule has 0 aliphatic carbocycles. The third kappa shape index (κ3) is 2.00. The van der Waals surface area contributed by atoms with Gasteiger partial charge in [-0.3, -0.25) is 0 Å². The zero-order valence-electron chi connectivity index (χ0n) is 9.33. The molecule has 0 amide bonds. The summed E-state index contributed by atoms with van der Waals surface area (Å²) in [6.07, 6.45) is 4.38. The van der Waals surface area contributed by atoms with Crippen LogP contribution in [0.1, 0.15) is 38.2 Å². The van der Waals surface area contributed by atoms with Gasteiger partial charge in [-0.15, -0.1) is 0 Å². The molecule has 0 bridgehead atoms. The highest BCUT2D eigenvalue weighted by molar-refractivity contribution is 5.40. The average Bonchev–Trinajstić information content (AvgIpc) is 2.27. The summed E-state index contributed by atoms with van der Waals surface area (Å²) in [6.45, 7) is 2.95. The summed E-state index contributed by atoms with van der Waals surface area (Å²) in [7, 11) is 0. The first-order valence-corrected chi connectivity index (χ1v) is 5.77. The monoisotopic (exact) mass is 205 g/mol. The molecule has 2 rings (SSSR count). The molecule has 1 atom stereocenters. The van der Waals surface area contributed by atoms with Crippen LogP contribution in [-0.2, 0) is 5.54 Å². The van der Waals surface area contributed by atoms with Crippen LogP contribution in [0.3, 0.4) is 0 Å². The number of hydrogen-bond donors (Lipinski definition) is 1.